The van der Waals surface area contributed by atoms with Gasteiger partial charge in [0.15, 0.2) is 11.6 Å². The lowest BCUT2D eigenvalue weighted by atomic mass is 10.1. The summed E-state index contributed by atoms with van der Waals surface area (Å²) in [5.74, 6) is -0.208. The fraction of sp³-hybridized carbons (Fsp3) is 0.286. The van der Waals surface area contributed by atoms with E-state index in [-0.39, 0.29) is 11.6 Å². The Bertz CT molecular complexity index is 558. The van der Waals surface area contributed by atoms with Crippen LogP contribution in [0.3, 0.4) is 0 Å². The number of hydrogen-bond acceptors (Lipinski definition) is 4. The summed E-state index contributed by atoms with van der Waals surface area (Å²) in [6.45, 7) is 3.08. The van der Waals surface area contributed by atoms with Crippen molar-refractivity contribution in [1.82, 2.24) is 9.97 Å². The molecule has 0 fully saturated rings. The molecule has 1 aromatic heterocycles. The minimum atomic E-state index is -0.495. The molecule has 2 aromatic rings. The molecule has 0 saturated heterocycles. The van der Waals surface area contributed by atoms with Crippen LogP contribution in [0.4, 0.5) is 20.5 Å². The van der Waals surface area contributed by atoms with Gasteiger partial charge in [-0.15, -0.1) is 0 Å². The summed E-state index contributed by atoms with van der Waals surface area (Å²) in [4.78, 5) is 7.86. The van der Waals surface area contributed by atoms with Gasteiger partial charge in [-0.25, -0.2) is 13.8 Å². The first kappa shape index (κ1) is 14.2. The van der Waals surface area contributed by atoms with Crippen LogP contribution in [0.15, 0.2) is 30.5 Å². The summed E-state index contributed by atoms with van der Waals surface area (Å²) in [5.41, 5.74) is 0.972. The number of hydrogen-bond donors (Lipinski definition) is 2. The Morgan fingerprint density at radius 3 is 2.55 bits per heavy atom. The highest BCUT2D eigenvalue weighted by Crippen LogP contribution is 2.12. The predicted octanol–water partition coefficient (Wildman–Crippen LogP) is 2.84. The number of rotatable bonds is 6. The molecule has 0 radical (unpaired) electrons. The van der Waals surface area contributed by atoms with Crippen LogP contribution in [0.25, 0.3) is 0 Å². The van der Waals surface area contributed by atoms with Crippen LogP contribution in [0.2, 0.25) is 0 Å². The number of benzene rings is 1. The summed E-state index contributed by atoms with van der Waals surface area (Å²) >= 11 is 0. The third-order valence-corrected chi connectivity index (χ3v) is 2.70. The Labute approximate surface area is 116 Å². The van der Waals surface area contributed by atoms with Crippen molar-refractivity contribution in [2.75, 3.05) is 23.7 Å². The number of aromatic nitrogens is 2. The second kappa shape index (κ2) is 6.79. The number of anilines is 2. The molecule has 0 spiro atoms. The number of halogens is 2. The van der Waals surface area contributed by atoms with Crippen molar-refractivity contribution in [3.8, 4) is 0 Å². The maximum Gasteiger partial charge on any atom is 0.224 e. The fourth-order valence-corrected chi connectivity index (χ4v) is 1.71. The molecule has 0 aliphatic carbocycles. The van der Waals surface area contributed by atoms with Gasteiger partial charge in [-0.1, -0.05) is 12.1 Å². The van der Waals surface area contributed by atoms with Crippen LogP contribution in [-0.2, 0) is 6.42 Å². The molecule has 0 bridgehead atoms. The molecule has 0 saturated carbocycles. The second-order valence-electron chi connectivity index (χ2n) is 4.22. The molecule has 0 aliphatic rings. The van der Waals surface area contributed by atoms with E-state index < -0.39 is 5.82 Å². The van der Waals surface area contributed by atoms with Crippen molar-refractivity contribution in [2.45, 2.75) is 13.3 Å². The molecule has 1 heterocycles. The van der Waals surface area contributed by atoms with E-state index in [9.17, 15) is 8.78 Å². The van der Waals surface area contributed by atoms with Crippen LogP contribution in [0.5, 0.6) is 0 Å². The average Bonchev–Trinajstić information content (AvgIpc) is 2.45. The molecule has 0 aliphatic heterocycles. The maximum atomic E-state index is 13.5. The quantitative estimate of drug-likeness (QED) is 0.853. The van der Waals surface area contributed by atoms with Gasteiger partial charge in [0.05, 0.1) is 6.20 Å². The van der Waals surface area contributed by atoms with E-state index in [2.05, 4.69) is 20.6 Å². The van der Waals surface area contributed by atoms with Gasteiger partial charge in [0.1, 0.15) is 5.82 Å². The monoisotopic (exact) mass is 278 g/mol. The third kappa shape index (κ3) is 3.88. The summed E-state index contributed by atoms with van der Waals surface area (Å²) in [6, 6.07) is 6.22. The molecule has 6 heteroatoms. The molecule has 2 rings (SSSR count). The molecular formula is C14H16F2N4. The zero-order chi connectivity index (χ0) is 14.4. The molecule has 20 heavy (non-hydrogen) atoms. The highest BCUT2D eigenvalue weighted by atomic mass is 19.1. The van der Waals surface area contributed by atoms with Gasteiger partial charge >= 0.3 is 0 Å². The zero-order valence-electron chi connectivity index (χ0n) is 11.2. The van der Waals surface area contributed by atoms with Crippen molar-refractivity contribution < 1.29 is 8.78 Å². The highest BCUT2D eigenvalue weighted by Gasteiger charge is 2.05. The molecular weight excluding hydrogens is 262 g/mol. The highest BCUT2D eigenvalue weighted by molar-refractivity contribution is 5.41. The standard InChI is InChI=1S/C14H16F2N4/c1-2-17-14-19-9-12(16)13(20-14)18-8-7-10-3-5-11(15)6-4-10/h3-6,9H,2,7-8H2,1H3,(H2,17,18,19,20). The fourth-order valence-electron chi connectivity index (χ4n) is 1.71. The van der Waals surface area contributed by atoms with Gasteiger partial charge in [-0.2, -0.15) is 4.98 Å². The van der Waals surface area contributed by atoms with E-state index >= 15 is 0 Å². The Hall–Kier alpha value is -2.24. The normalized spacial score (nSPS) is 10.3. The van der Waals surface area contributed by atoms with Crippen molar-refractivity contribution in [1.29, 1.82) is 0 Å². The lowest BCUT2D eigenvalue weighted by Crippen LogP contribution is -2.11. The van der Waals surface area contributed by atoms with E-state index in [4.69, 9.17) is 0 Å². The van der Waals surface area contributed by atoms with Gasteiger partial charge in [0.25, 0.3) is 0 Å². The van der Waals surface area contributed by atoms with E-state index in [0.717, 1.165) is 11.8 Å². The van der Waals surface area contributed by atoms with Crippen LogP contribution in [0.1, 0.15) is 12.5 Å². The second-order valence-corrected chi connectivity index (χ2v) is 4.22. The topological polar surface area (TPSA) is 49.8 Å². The molecule has 2 N–H and O–H groups in total. The summed E-state index contributed by atoms with van der Waals surface area (Å²) in [5, 5.41) is 5.83. The van der Waals surface area contributed by atoms with Gasteiger partial charge in [-0.3, -0.25) is 0 Å². The van der Waals surface area contributed by atoms with Crippen molar-refractivity contribution in [3.05, 3.63) is 47.7 Å². The van der Waals surface area contributed by atoms with Gasteiger partial charge in [-0.05, 0) is 31.0 Å². The minimum Gasteiger partial charge on any atom is -0.367 e. The Balaban J connectivity index is 1.93. The van der Waals surface area contributed by atoms with Crippen LogP contribution >= 0.6 is 0 Å². The first-order valence-electron chi connectivity index (χ1n) is 6.43. The van der Waals surface area contributed by atoms with Crippen LogP contribution < -0.4 is 10.6 Å². The number of nitrogens with one attached hydrogen (secondary N) is 2. The molecule has 4 nitrogen and oxygen atoms in total. The van der Waals surface area contributed by atoms with E-state index in [1.165, 1.54) is 12.1 Å². The average molecular weight is 278 g/mol. The lowest BCUT2D eigenvalue weighted by Gasteiger charge is -2.08. The Morgan fingerprint density at radius 1 is 1.10 bits per heavy atom. The van der Waals surface area contributed by atoms with E-state index in [0.29, 0.717) is 25.5 Å². The molecule has 106 valence electrons. The molecule has 0 unspecified atom stereocenters. The van der Waals surface area contributed by atoms with Crippen molar-refractivity contribution in [3.63, 3.8) is 0 Å². The minimum absolute atomic E-state index is 0.165. The Morgan fingerprint density at radius 2 is 1.85 bits per heavy atom. The van der Waals surface area contributed by atoms with Gasteiger partial charge in [0, 0.05) is 13.1 Å². The van der Waals surface area contributed by atoms with E-state index in [1.807, 2.05) is 6.92 Å². The van der Waals surface area contributed by atoms with Crippen LogP contribution in [-0.4, -0.2) is 23.1 Å². The summed E-state index contributed by atoms with van der Waals surface area (Å²) < 4.78 is 26.3. The van der Waals surface area contributed by atoms with Crippen molar-refractivity contribution >= 4 is 11.8 Å². The summed E-state index contributed by atoms with van der Waals surface area (Å²) in [7, 11) is 0. The zero-order valence-corrected chi connectivity index (χ0v) is 11.2. The van der Waals surface area contributed by atoms with Crippen LogP contribution in [0, 0.1) is 11.6 Å². The third-order valence-electron chi connectivity index (χ3n) is 2.70. The first-order valence-corrected chi connectivity index (χ1v) is 6.43. The van der Waals surface area contributed by atoms with Crippen molar-refractivity contribution in [2.24, 2.45) is 0 Å². The van der Waals surface area contributed by atoms with Gasteiger partial charge < -0.3 is 10.6 Å². The van der Waals surface area contributed by atoms with E-state index in [1.54, 1.807) is 12.1 Å². The smallest absolute Gasteiger partial charge is 0.224 e. The SMILES string of the molecule is CCNc1ncc(F)c(NCCc2ccc(F)cc2)n1. The summed E-state index contributed by atoms with van der Waals surface area (Å²) in [6.07, 6.45) is 1.78. The molecule has 0 amide bonds. The number of nitrogens with zero attached hydrogens (tertiary/aromatic N) is 2. The predicted molar refractivity (Wildman–Crippen MR) is 74.7 cm³/mol. The maximum absolute atomic E-state index is 13.5. The lowest BCUT2D eigenvalue weighted by molar-refractivity contribution is 0.617. The first-order chi connectivity index (χ1) is 9.69. The van der Waals surface area contributed by atoms with Gasteiger partial charge in [0.2, 0.25) is 5.95 Å². The molecule has 1 aromatic carbocycles. The molecule has 0 atom stereocenters. The largest absolute Gasteiger partial charge is 0.367 e. The Kier molecular flexibility index (Phi) is 4.81.